The Bertz CT molecular complexity index is 585. The van der Waals surface area contributed by atoms with Crippen LogP contribution in [0, 0.1) is 11.6 Å². The first-order valence-corrected chi connectivity index (χ1v) is 7.27. The second-order valence-corrected chi connectivity index (χ2v) is 5.56. The number of benzene rings is 1. The molecular weight excluding hydrogens is 310 g/mol. The highest BCUT2D eigenvalue weighted by Crippen LogP contribution is 2.31. The Balaban J connectivity index is 1.84. The van der Waals surface area contributed by atoms with Crippen molar-refractivity contribution in [3.63, 3.8) is 0 Å². The Labute approximate surface area is 132 Å². The number of ether oxygens (including phenoxy) is 1. The highest BCUT2D eigenvalue weighted by Gasteiger charge is 2.33. The molecule has 3 rings (SSSR count). The predicted octanol–water partition coefficient (Wildman–Crippen LogP) is 0.496. The molecule has 2 saturated heterocycles. The molecule has 1 amide bonds. The number of aliphatic hydroxyl groups is 1. The summed E-state index contributed by atoms with van der Waals surface area (Å²) in [7, 11) is 1.85. The molecule has 1 aromatic rings. The number of nitrogens with zero attached hydrogens (tertiary/aromatic N) is 3. The van der Waals surface area contributed by atoms with Gasteiger partial charge in [0.05, 0.1) is 25.5 Å². The molecule has 0 bridgehead atoms. The fourth-order valence-corrected chi connectivity index (χ4v) is 2.66. The summed E-state index contributed by atoms with van der Waals surface area (Å²) in [5.41, 5.74) is 2.94. The van der Waals surface area contributed by atoms with Crippen LogP contribution in [0.3, 0.4) is 0 Å². The number of hydrazine groups is 1. The van der Waals surface area contributed by atoms with Crippen molar-refractivity contribution in [2.75, 3.05) is 49.8 Å². The zero-order valence-electron chi connectivity index (χ0n) is 12.6. The van der Waals surface area contributed by atoms with Crippen LogP contribution in [0.1, 0.15) is 0 Å². The van der Waals surface area contributed by atoms with E-state index in [0.717, 1.165) is 17.0 Å². The number of hydrogen-bond acceptors (Lipinski definition) is 6. The van der Waals surface area contributed by atoms with Gasteiger partial charge in [-0.2, -0.15) is 0 Å². The quantitative estimate of drug-likeness (QED) is 0.842. The van der Waals surface area contributed by atoms with Gasteiger partial charge in [-0.05, 0) is 0 Å². The van der Waals surface area contributed by atoms with E-state index in [2.05, 4.69) is 5.43 Å². The van der Waals surface area contributed by atoms with E-state index in [1.165, 1.54) is 0 Å². The molecule has 2 heterocycles. The molecule has 1 atom stereocenters. The van der Waals surface area contributed by atoms with E-state index in [9.17, 15) is 13.6 Å². The molecule has 2 aliphatic rings. The maximum absolute atomic E-state index is 14.4. The number of likely N-dealkylation sites (N-methyl/N-ethyl adjacent to an activating group) is 1. The van der Waals surface area contributed by atoms with Crippen molar-refractivity contribution in [1.29, 1.82) is 0 Å². The molecule has 0 aliphatic carbocycles. The number of nitrogens with one attached hydrogen (secondary N) is 1. The molecule has 2 fully saturated rings. The maximum Gasteiger partial charge on any atom is 0.414 e. The summed E-state index contributed by atoms with van der Waals surface area (Å²) in [4.78, 5) is 14.4. The van der Waals surface area contributed by atoms with Crippen LogP contribution in [0.15, 0.2) is 12.1 Å². The third-order valence-corrected chi connectivity index (χ3v) is 3.94. The third kappa shape index (κ3) is 3.07. The molecule has 0 unspecified atom stereocenters. The van der Waals surface area contributed by atoms with Gasteiger partial charge in [0.2, 0.25) is 0 Å². The highest BCUT2D eigenvalue weighted by molar-refractivity contribution is 5.90. The minimum absolute atomic E-state index is 0.0592. The number of carbonyl (C=O) groups excluding carboxylic acids is 1. The number of amides is 1. The van der Waals surface area contributed by atoms with Crippen LogP contribution in [0.4, 0.5) is 25.0 Å². The fraction of sp³-hybridized carbons (Fsp3) is 0.500. The maximum atomic E-state index is 14.4. The molecule has 23 heavy (non-hydrogen) atoms. The van der Waals surface area contributed by atoms with Crippen LogP contribution in [0.2, 0.25) is 0 Å². The van der Waals surface area contributed by atoms with Crippen LogP contribution in [0.25, 0.3) is 0 Å². The fourth-order valence-electron chi connectivity index (χ4n) is 2.66. The molecule has 1 aromatic carbocycles. The predicted molar refractivity (Wildman–Crippen MR) is 79.0 cm³/mol. The van der Waals surface area contributed by atoms with Crippen LogP contribution < -0.4 is 15.2 Å². The van der Waals surface area contributed by atoms with Gasteiger partial charge in [-0.15, -0.1) is 0 Å². The van der Waals surface area contributed by atoms with Crippen molar-refractivity contribution in [2.45, 2.75) is 6.10 Å². The molecular formula is C14H18F2N4O3. The number of cyclic esters (lactones) is 1. The zero-order valence-corrected chi connectivity index (χ0v) is 12.6. The Hall–Kier alpha value is -1.97. The molecule has 0 aromatic heterocycles. The number of carbonyl (C=O) groups is 1. The average Bonchev–Trinajstić information content (AvgIpc) is 2.89. The smallest absolute Gasteiger partial charge is 0.414 e. The van der Waals surface area contributed by atoms with Crippen molar-refractivity contribution in [2.24, 2.45) is 0 Å². The van der Waals surface area contributed by atoms with Crippen LogP contribution in [-0.2, 0) is 4.74 Å². The Morgan fingerprint density at radius 1 is 1.35 bits per heavy atom. The second kappa shape index (κ2) is 6.26. The van der Waals surface area contributed by atoms with Crippen molar-refractivity contribution in [3.8, 4) is 0 Å². The van der Waals surface area contributed by atoms with Crippen LogP contribution in [-0.4, -0.2) is 62.3 Å². The lowest BCUT2D eigenvalue weighted by Gasteiger charge is -2.35. The normalized spacial score (nSPS) is 22.6. The van der Waals surface area contributed by atoms with Crippen molar-refractivity contribution in [1.82, 2.24) is 10.4 Å². The lowest BCUT2D eigenvalue weighted by atomic mass is 10.2. The number of hydrogen-bond donors (Lipinski definition) is 2. The van der Waals surface area contributed by atoms with Gasteiger partial charge in [-0.3, -0.25) is 4.90 Å². The summed E-state index contributed by atoms with van der Waals surface area (Å²) in [6.07, 6.45) is -1.41. The van der Waals surface area contributed by atoms with Gasteiger partial charge >= 0.3 is 6.09 Å². The molecule has 126 valence electrons. The molecule has 7 nitrogen and oxygen atoms in total. The minimum Gasteiger partial charge on any atom is -0.441 e. The van der Waals surface area contributed by atoms with E-state index in [-0.39, 0.29) is 24.5 Å². The number of halogens is 2. The van der Waals surface area contributed by atoms with Gasteiger partial charge in [-0.1, -0.05) is 0 Å². The summed E-state index contributed by atoms with van der Waals surface area (Å²) < 4.78 is 33.7. The van der Waals surface area contributed by atoms with Gasteiger partial charge in [0.1, 0.15) is 11.8 Å². The van der Waals surface area contributed by atoms with E-state index in [1.807, 2.05) is 12.1 Å². The number of rotatable bonds is 3. The van der Waals surface area contributed by atoms with E-state index < -0.39 is 23.8 Å². The van der Waals surface area contributed by atoms with Gasteiger partial charge in [0, 0.05) is 32.3 Å². The van der Waals surface area contributed by atoms with Crippen molar-refractivity contribution in [3.05, 3.63) is 23.8 Å². The minimum atomic E-state index is -0.744. The second-order valence-electron chi connectivity index (χ2n) is 5.56. The first kappa shape index (κ1) is 15.9. The summed E-state index contributed by atoms with van der Waals surface area (Å²) >= 11 is 0. The first-order chi connectivity index (χ1) is 11.0. The molecule has 0 saturated carbocycles. The molecule has 0 spiro atoms. The van der Waals surface area contributed by atoms with Crippen molar-refractivity contribution >= 4 is 17.5 Å². The molecule has 0 radical (unpaired) electrons. The van der Waals surface area contributed by atoms with Crippen molar-refractivity contribution < 1.29 is 23.4 Å². The van der Waals surface area contributed by atoms with Gasteiger partial charge in [0.25, 0.3) is 0 Å². The zero-order chi connectivity index (χ0) is 16.6. The summed E-state index contributed by atoms with van der Waals surface area (Å²) in [5.74, 6) is -1.49. The monoisotopic (exact) mass is 328 g/mol. The Morgan fingerprint density at radius 2 is 2.04 bits per heavy atom. The van der Waals surface area contributed by atoms with Crippen LogP contribution >= 0.6 is 0 Å². The third-order valence-electron chi connectivity index (χ3n) is 3.94. The largest absolute Gasteiger partial charge is 0.441 e. The molecule has 9 heteroatoms. The number of aliphatic hydroxyl groups excluding tert-OH is 1. The van der Waals surface area contributed by atoms with E-state index in [0.29, 0.717) is 19.8 Å². The van der Waals surface area contributed by atoms with Gasteiger partial charge in [-0.25, -0.2) is 24.0 Å². The van der Waals surface area contributed by atoms with Gasteiger partial charge in [0.15, 0.2) is 11.6 Å². The lowest BCUT2D eigenvalue weighted by Crippen LogP contribution is -2.53. The van der Waals surface area contributed by atoms with Gasteiger partial charge < -0.3 is 14.7 Å². The summed E-state index contributed by atoms with van der Waals surface area (Å²) in [6.45, 7) is 1.12. The molecule has 2 N–H and O–H groups in total. The number of anilines is 2. The standard InChI is InChI=1S/C14H18F2N4O3/c1-18-2-3-19(8-17-18)13-11(15)4-9(5-12(13)16)20-6-10(7-21)23-14(20)22/h4-5,10,17,21H,2-3,6-8H2,1H3/t10-/m1/s1. The highest BCUT2D eigenvalue weighted by atomic mass is 19.1. The lowest BCUT2D eigenvalue weighted by molar-refractivity contribution is 0.0963. The molecule has 2 aliphatic heterocycles. The summed E-state index contributed by atoms with van der Waals surface area (Å²) in [6, 6.07) is 2.22. The van der Waals surface area contributed by atoms with Crippen LogP contribution in [0.5, 0.6) is 0 Å². The van der Waals surface area contributed by atoms with E-state index >= 15 is 0 Å². The summed E-state index contributed by atoms with van der Waals surface area (Å²) in [5, 5.41) is 10.9. The Kier molecular flexibility index (Phi) is 4.33. The topological polar surface area (TPSA) is 68.3 Å². The Morgan fingerprint density at radius 3 is 2.57 bits per heavy atom. The first-order valence-electron chi connectivity index (χ1n) is 7.27. The van der Waals surface area contributed by atoms with E-state index in [1.54, 1.807) is 4.90 Å². The van der Waals surface area contributed by atoms with E-state index in [4.69, 9.17) is 9.84 Å². The average molecular weight is 328 g/mol. The SMILES string of the molecule is CN1CCN(c2c(F)cc(N3C[C@H](CO)OC3=O)cc2F)CN1.